The van der Waals surface area contributed by atoms with Crippen molar-refractivity contribution in [3.8, 4) is 0 Å². The van der Waals surface area contributed by atoms with Crippen LogP contribution >= 0.6 is 22.6 Å². The van der Waals surface area contributed by atoms with Gasteiger partial charge in [0.25, 0.3) is 0 Å². The fourth-order valence-electron chi connectivity index (χ4n) is 1.34. The van der Waals surface area contributed by atoms with Crippen LogP contribution in [0.15, 0.2) is 36.4 Å². The molecule has 0 bridgehead atoms. The summed E-state index contributed by atoms with van der Waals surface area (Å²) in [5.74, 6) is -0.545. The molecule has 18 heavy (non-hydrogen) atoms. The molecule has 0 aromatic heterocycles. The quantitative estimate of drug-likeness (QED) is 0.498. The lowest BCUT2D eigenvalue weighted by Crippen LogP contribution is -2.19. The first-order valence-corrected chi connectivity index (χ1v) is 6.87. The molecular weight excluding hydrogens is 343 g/mol. The fourth-order valence-corrected chi connectivity index (χ4v) is 2.02. The van der Waals surface area contributed by atoms with E-state index in [1.165, 1.54) is 0 Å². The van der Waals surface area contributed by atoms with E-state index in [1.54, 1.807) is 6.07 Å². The van der Waals surface area contributed by atoms with Crippen molar-refractivity contribution in [2.75, 3.05) is 0 Å². The average Bonchev–Trinajstić information content (AvgIpc) is 2.37. The highest BCUT2D eigenvalue weighted by Crippen LogP contribution is 2.25. The zero-order chi connectivity index (χ0) is 13.7. The lowest BCUT2D eigenvalue weighted by Gasteiger charge is -2.17. The third-order valence-electron chi connectivity index (χ3n) is 2.68. The summed E-state index contributed by atoms with van der Waals surface area (Å²) in [5, 5.41) is 10.1. The molecule has 4 heteroatoms. The Balaban J connectivity index is 2.79. The van der Waals surface area contributed by atoms with Crippen LogP contribution < -0.4 is 0 Å². The van der Waals surface area contributed by atoms with Gasteiger partial charge in [0.2, 0.25) is 0 Å². The number of hydrogen-bond donors (Lipinski definition) is 1. The zero-order valence-corrected chi connectivity index (χ0v) is 12.7. The van der Waals surface area contributed by atoms with Crippen molar-refractivity contribution in [1.29, 1.82) is 0 Å². The van der Waals surface area contributed by atoms with Crippen LogP contribution in [0.4, 0.5) is 0 Å². The van der Waals surface area contributed by atoms with Gasteiger partial charge in [0.05, 0.1) is 11.7 Å². The average molecular weight is 360 g/mol. The van der Waals surface area contributed by atoms with Crippen molar-refractivity contribution in [1.82, 2.24) is 0 Å². The first-order valence-electron chi connectivity index (χ1n) is 5.79. The van der Waals surface area contributed by atoms with Crippen LogP contribution in [0, 0.1) is 3.57 Å². The highest BCUT2D eigenvalue weighted by molar-refractivity contribution is 14.1. The van der Waals surface area contributed by atoms with Gasteiger partial charge in [-0.2, -0.15) is 0 Å². The van der Waals surface area contributed by atoms with Gasteiger partial charge in [-0.15, -0.1) is 0 Å². The summed E-state index contributed by atoms with van der Waals surface area (Å²) in [4.78, 5) is 11.8. The third-order valence-corrected chi connectivity index (χ3v) is 3.66. The second kappa shape index (κ2) is 6.89. The third kappa shape index (κ3) is 3.81. The standard InChI is InChI=1S/C14H17IO3/c1-4-9(2)18-14(17)10(3)13(16)11-7-5-6-8-12(11)15/h5-9,13,16H,3-4H2,1-2H3. The normalized spacial score (nSPS) is 13.8. The predicted molar refractivity (Wildman–Crippen MR) is 79.1 cm³/mol. The summed E-state index contributed by atoms with van der Waals surface area (Å²) in [6, 6.07) is 7.33. The van der Waals surface area contributed by atoms with Gasteiger partial charge in [0.15, 0.2) is 0 Å². The lowest BCUT2D eigenvalue weighted by atomic mass is 10.0. The smallest absolute Gasteiger partial charge is 0.336 e. The van der Waals surface area contributed by atoms with E-state index in [4.69, 9.17) is 4.74 Å². The number of halogens is 1. The van der Waals surface area contributed by atoms with Crippen LogP contribution in [-0.2, 0) is 9.53 Å². The Bertz CT molecular complexity index is 442. The van der Waals surface area contributed by atoms with Gasteiger partial charge in [-0.1, -0.05) is 31.7 Å². The maximum atomic E-state index is 11.8. The van der Waals surface area contributed by atoms with Crippen molar-refractivity contribution in [3.05, 3.63) is 45.6 Å². The molecule has 0 saturated heterocycles. The van der Waals surface area contributed by atoms with E-state index in [1.807, 2.05) is 32.0 Å². The SMILES string of the molecule is C=C(C(=O)OC(C)CC)C(O)c1ccccc1I. The molecule has 0 spiro atoms. The topological polar surface area (TPSA) is 46.5 Å². The number of carbonyl (C=O) groups is 1. The molecule has 0 aliphatic heterocycles. The van der Waals surface area contributed by atoms with Gasteiger partial charge in [0, 0.05) is 3.57 Å². The molecule has 0 saturated carbocycles. The minimum Gasteiger partial charge on any atom is -0.459 e. The van der Waals surface area contributed by atoms with E-state index < -0.39 is 12.1 Å². The Labute approximate surface area is 121 Å². The maximum absolute atomic E-state index is 11.8. The Morgan fingerprint density at radius 1 is 1.50 bits per heavy atom. The molecule has 2 unspecified atom stereocenters. The van der Waals surface area contributed by atoms with E-state index >= 15 is 0 Å². The minimum atomic E-state index is -1.02. The number of carbonyl (C=O) groups excluding carboxylic acids is 1. The largest absolute Gasteiger partial charge is 0.459 e. The van der Waals surface area contributed by atoms with Crippen LogP contribution in [0.25, 0.3) is 0 Å². The van der Waals surface area contributed by atoms with Crippen LogP contribution in [0.5, 0.6) is 0 Å². The van der Waals surface area contributed by atoms with E-state index in [-0.39, 0.29) is 11.7 Å². The minimum absolute atomic E-state index is 0.0689. The van der Waals surface area contributed by atoms with Crippen LogP contribution in [0.3, 0.4) is 0 Å². The van der Waals surface area contributed by atoms with E-state index in [9.17, 15) is 9.90 Å². The Morgan fingerprint density at radius 2 is 2.11 bits per heavy atom. The summed E-state index contributed by atoms with van der Waals surface area (Å²) >= 11 is 2.11. The van der Waals surface area contributed by atoms with Crippen molar-refractivity contribution in [2.24, 2.45) is 0 Å². The molecule has 0 fully saturated rings. The molecule has 98 valence electrons. The first kappa shape index (κ1) is 15.2. The summed E-state index contributed by atoms with van der Waals surface area (Å²) in [6.07, 6.45) is -0.455. The number of rotatable bonds is 5. The Kier molecular flexibility index (Phi) is 5.81. The van der Waals surface area contributed by atoms with Gasteiger partial charge in [-0.3, -0.25) is 0 Å². The van der Waals surface area contributed by atoms with Crippen molar-refractivity contribution >= 4 is 28.6 Å². The van der Waals surface area contributed by atoms with Gasteiger partial charge < -0.3 is 9.84 Å². The van der Waals surface area contributed by atoms with Crippen molar-refractivity contribution in [3.63, 3.8) is 0 Å². The first-order chi connectivity index (χ1) is 8.47. The predicted octanol–water partition coefficient (Wildman–Crippen LogP) is 3.22. The summed E-state index contributed by atoms with van der Waals surface area (Å²) < 4.78 is 6.03. The zero-order valence-electron chi connectivity index (χ0n) is 10.5. The van der Waals surface area contributed by atoms with Gasteiger partial charge in [0.1, 0.15) is 6.10 Å². The Morgan fingerprint density at radius 3 is 2.67 bits per heavy atom. The number of aliphatic hydroxyl groups excluding tert-OH is 1. The number of ether oxygens (including phenoxy) is 1. The number of hydrogen-bond acceptors (Lipinski definition) is 3. The van der Waals surface area contributed by atoms with Gasteiger partial charge >= 0.3 is 5.97 Å². The van der Waals surface area contributed by atoms with Gasteiger partial charge in [-0.25, -0.2) is 4.79 Å². The Hall–Kier alpha value is -0.880. The molecule has 0 aliphatic carbocycles. The molecule has 3 nitrogen and oxygen atoms in total. The summed E-state index contributed by atoms with van der Waals surface area (Å²) in [7, 11) is 0. The molecule has 2 atom stereocenters. The van der Waals surface area contributed by atoms with Crippen molar-refractivity contribution in [2.45, 2.75) is 32.5 Å². The molecule has 0 heterocycles. The molecule has 0 aliphatic rings. The number of benzene rings is 1. The van der Waals surface area contributed by atoms with Crippen LogP contribution in [0.1, 0.15) is 31.9 Å². The van der Waals surface area contributed by atoms with Crippen molar-refractivity contribution < 1.29 is 14.6 Å². The molecule has 1 rings (SSSR count). The van der Waals surface area contributed by atoms with E-state index in [0.717, 1.165) is 9.99 Å². The van der Waals surface area contributed by atoms with Crippen LogP contribution in [0.2, 0.25) is 0 Å². The number of esters is 1. The lowest BCUT2D eigenvalue weighted by molar-refractivity contribution is -0.144. The maximum Gasteiger partial charge on any atom is 0.336 e. The molecule has 1 N–H and O–H groups in total. The van der Waals surface area contributed by atoms with E-state index in [0.29, 0.717) is 5.56 Å². The highest BCUT2D eigenvalue weighted by Gasteiger charge is 2.22. The highest BCUT2D eigenvalue weighted by atomic mass is 127. The second-order valence-electron chi connectivity index (χ2n) is 4.07. The van der Waals surface area contributed by atoms with Gasteiger partial charge in [-0.05, 0) is 47.6 Å². The second-order valence-corrected chi connectivity index (χ2v) is 5.24. The molecule has 0 amide bonds. The molecule has 1 aromatic rings. The summed E-state index contributed by atoms with van der Waals surface area (Å²) in [6.45, 7) is 7.37. The van der Waals surface area contributed by atoms with E-state index in [2.05, 4.69) is 29.2 Å². The summed E-state index contributed by atoms with van der Waals surface area (Å²) in [5.41, 5.74) is 0.739. The fraction of sp³-hybridized carbons (Fsp3) is 0.357. The van der Waals surface area contributed by atoms with Crippen LogP contribution in [-0.4, -0.2) is 17.2 Å². The molecule has 1 aromatic carbocycles. The molecule has 0 radical (unpaired) electrons. The number of aliphatic hydroxyl groups is 1. The molecular formula is C14H17IO3. The monoisotopic (exact) mass is 360 g/mol.